The lowest BCUT2D eigenvalue weighted by atomic mass is 9.59. The molecule has 0 heterocycles. The van der Waals surface area contributed by atoms with Crippen LogP contribution >= 0.6 is 0 Å². The Morgan fingerprint density at radius 3 is 2.36 bits per heavy atom. The van der Waals surface area contributed by atoms with Gasteiger partial charge in [0.15, 0.2) is 0 Å². The van der Waals surface area contributed by atoms with Gasteiger partial charge in [0.05, 0.1) is 17.1 Å². The lowest BCUT2D eigenvalue weighted by molar-refractivity contribution is -0.0916. The highest BCUT2D eigenvalue weighted by atomic mass is 16.3. The largest absolute Gasteiger partial charge is 0.390 e. The molecule has 0 aromatic rings. The van der Waals surface area contributed by atoms with Crippen LogP contribution in [-0.4, -0.2) is 10.7 Å². The smallest absolute Gasteiger partial charge is 0.0692 e. The van der Waals surface area contributed by atoms with E-state index in [0.717, 1.165) is 12.8 Å². The van der Waals surface area contributed by atoms with Crippen molar-refractivity contribution < 1.29 is 5.11 Å². The molecule has 0 atom stereocenters. The van der Waals surface area contributed by atoms with Crippen LogP contribution in [0.1, 0.15) is 39.5 Å². The van der Waals surface area contributed by atoms with Gasteiger partial charge in [-0.1, -0.05) is 13.3 Å². The average molecular weight is 153 g/mol. The summed E-state index contributed by atoms with van der Waals surface area (Å²) in [5.41, 5.74) is -0.761. The SMILES string of the molecule is CCCC1(C#N)CC(C)(O)C1. The second kappa shape index (κ2) is 2.49. The van der Waals surface area contributed by atoms with Gasteiger partial charge in [-0.05, 0) is 26.2 Å². The van der Waals surface area contributed by atoms with E-state index in [9.17, 15) is 5.11 Å². The van der Waals surface area contributed by atoms with Crippen molar-refractivity contribution in [3.05, 3.63) is 0 Å². The van der Waals surface area contributed by atoms with Crippen molar-refractivity contribution in [1.82, 2.24) is 0 Å². The second-order valence-corrected chi connectivity index (χ2v) is 3.99. The van der Waals surface area contributed by atoms with Gasteiger partial charge in [-0.3, -0.25) is 0 Å². The summed E-state index contributed by atoms with van der Waals surface area (Å²) in [6.45, 7) is 3.88. The molecule has 11 heavy (non-hydrogen) atoms. The zero-order valence-electron chi connectivity index (χ0n) is 7.22. The number of rotatable bonds is 2. The molecule has 0 unspecified atom stereocenters. The van der Waals surface area contributed by atoms with Crippen LogP contribution in [0, 0.1) is 16.7 Å². The summed E-state index contributed by atoms with van der Waals surface area (Å²) in [6, 6.07) is 2.31. The van der Waals surface area contributed by atoms with Crippen LogP contribution < -0.4 is 0 Å². The lowest BCUT2D eigenvalue weighted by Crippen LogP contribution is -2.48. The molecule has 0 bridgehead atoms. The zero-order valence-corrected chi connectivity index (χ0v) is 7.22. The van der Waals surface area contributed by atoms with Crippen molar-refractivity contribution in [1.29, 1.82) is 5.26 Å². The van der Waals surface area contributed by atoms with E-state index in [1.54, 1.807) is 6.92 Å². The van der Waals surface area contributed by atoms with Crippen molar-refractivity contribution in [3.8, 4) is 6.07 Å². The summed E-state index contributed by atoms with van der Waals surface area (Å²) < 4.78 is 0. The predicted molar refractivity (Wildman–Crippen MR) is 42.8 cm³/mol. The first kappa shape index (κ1) is 8.55. The van der Waals surface area contributed by atoms with Gasteiger partial charge >= 0.3 is 0 Å². The van der Waals surface area contributed by atoms with Gasteiger partial charge < -0.3 is 5.11 Å². The summed E-state index contributed by atoms with van der Waals surface area (Å²) in [4.78, 5) is 0. The normalized spacial score (nSPS) is 42.7. The molecule has 0 amide bonds. The Morgan fingerprint density at radius 1 is 1.55 bits per heavy atom. The molecule has 2 heteroatoms. The van der Waals surface area contributed by atoms with Gasteiger partial charge in [0.25, 0.3) is 0 Å². The van der Waals surface area contributed by atoms with Gasteiger partial charge in [0.2, 0.25) is 0 Å². The molecule has 0 aromatic carbocycles. The Labute approximate surface area is 67.8 Å². The van der Waals surface area contributed by atoms with E-state index >= 15 is 0 Å². The number of nitriles is 1. The van der Waals surface area contributed by atoms with Crippen molar-refractivity contribution in [2.45, 2.75) is 45.1 Å². The van der Waals surface area contributed by atoms with Crippen LogP contribution in [0.15, 0.2) is 0 Å². The molecule has 62 valence electrons. The molecule has 0 saturated heterocycles. The predicted octanol–water partition coefficient (Wildman–Crippen LogP) is 1.84. The summed E-state index contributed by atoms with van der Waals surface area (Å²) in [6.07, 6.45) is 3.28. The van der Waals surface area contributed by atoms with Crippen molar-refractivity contribution >= 4 is 0 Å². The summed E-state index contributed by atoms with van der Waals surface area (Å²) in [5, 5.41) is 18.3. The van der Waals surface area contributed by atoms with Crippen LogP contribution in [0.3, 0.4) is 0 Å². The van der Waals surface area contributed by atoms with Gasteiger partial charge in [-0.2, -0.15) is 5.26 Å². The minimum absolute atomic E-state index is 0.196. The van der Waals surface area contributed by atoms with Gasteiger partial charge in [-0.15, -0.1) is 0 Å². The van der Waals surface area contributed by atoms with Crippen LogP contribution in [0.5, 0.6) is 0 Å². The molecule has 1 aliphatic carbocycles. The Kier molecular flexibility index (Phi) is 1.94. The fourth-order valence-electron chi connectivity index (χ4n) is 2.20. The lowest BCUT2D eigenvalue weighted by Gasteiger charge is -2.47. The number of aliphatic hydroxyl groups is 1. The monoisotopic (exact) mass is 153 g/mol. The summed E-state index contributed by atoms with van der Waals surface area (Å²) in [7, 11) is 0. The van der Waals surface area contributed by atoms with Crippen LogP contribution in [0.4, 0.5) is 0 Å². The number of hydrogen-bond acceptors (Lipinski definition) is 2. The van der Waals surface area contributed by atoms with Crippen molar-refractivity contribution in [3.63, 3.8) is 0 Å². The molecule has 0 radical (unpaired) electrons. The molecular formula is C9H15NO. The first-order valence-corrected chi connectivity index (χ1v) is 4.17. The molecular weight excluding hydrogens is 138 g/mol. The van der Waals surface area contributed by atoms with E-state index in [-0.39, 0.29) is 5.41 Å². The van der Waals surface area contributed by atoms with Gasteiger partial charge in [0, 0.05) is 0 Å². The quantitative estimate of drug-likeness (QED) is 0.657. The first-order chi connectivity index (χ1) is 5.04. The van der Waals surface area contributed by atoms with Crippen molar-refractivity contribution in [2.75, 3.05) is 0 Å². The molecule has 1 fully saturated rings. The number of nitrogens with zero attached hydrogens (tertiary/aromatic N) is 1. The minimum atomic E-state index is -0.565. The molecule has 2 nitrogen and oxygen atoms in total. The van der Waals surface area contributed by atoms with E-state index in [4.69, 9.17) is 5.26 Å². The molecule has 1 aliphatic rings. The maximum Gasteiger partial charge on any atom is 0.0692 e. The highest BCUT2D eigenvalue weighted by Crippen LogP contribution is 2.50. The highest BCUT2D eigenvalue weighted by Gasteiger charge is 2.50. The van der Waals surface area contributed by atoms with Gasteiger partial charge in [0.1, 0.15) is 0 Å². The molecule has 1 saturated carbocycles. The first-order valence-electron chi connectivity index (χ1n) is 4.17. The van der Waals surface area contributed by atoms with Gasteiger partial charge in [-0.25, -0.2) is 0 Å². The zero-order chi connectivity index (χ0) is 8.54. The molecule has 0 aliphatic heterocycles. The standard InChI is InChI=1S/C9H15NO/c1-3-4-9(7-10)5-8(2,11)6-9/h11H,3-6H2,1-2H3. The average Bonchev–Trinajstić information content (AvgIpc) is 1.84. The maximum atomic E-state index is 9.46. The fourth-order valence-corrected chi connectivity index (χ4v) is 2.20. The molecule has 1 N–H and O–H groups in total. The molecule has 0 spiro atoms. The van der Waals surface area contributed by atoms with Crippen LogP contribution in [0.2, 0.25) is 0 Å². The summed E-state index contributed by atoms with van der Waals surface area (Å²) >= 11 is 0. The minimum Gasteiger partial charge on any atom is -0.390 e. The third-order valence-corrected chi connectivity index (χ3v) is 2.40. The Morgan fingerprint density at radius 2 is 2.09 bits per heavy atom. The summed E-state index contributed by atoms with van der Waals surface area (Å²) in [5.74, 6) is 0. The third kappa shape index (κ3) is 1.54. The topological polar surface area (TPSA) is 44.0 Å². The third-order valence-electron chi connectivity index (χ3n) is 2.40. The van der Waals surface area contributed by atoms with Crippen LogP contribution in [-0.2, 0) is 0 Å². The highest BCUT2D eigenvalue weighted by molar-refractivity contribution is 5.12. The van der Waals surface area contributed by atoms with E-state index in [2.05, 4.69) is 13.0 Å². The maximum absolute atomic E-state index is 9.46. The van der Waals surface area contributed by atoms with E-state index in [1.165, 1.54) is 0 Å². The van der Waals surface area contributed by atoms with Crippen LogP contribution in [0.25, 0.3) is 0 Å². The molecule has 1 rings (SSSR count). The van der Waals surface area contributed by atoms with Crippen molar-refractivity contribution in [2.24, 2.45) is 5.41 Å². The fraction of sp³-hybridized carbons (Fsp3) is 0.889. The Balaban J connectivity index is 2.52. The van der Waals surface area contributed by atoms with E-state index < -0.39 is 5.60 Å². The second-order valence-electron chi connectivity index (χ2n) is 3.99. The van der Waals surface area contributed by atoms with E-state index in [0.29, 0.717) is 12.8 Å². The van der Waals surface area contributed by atoms with E-state index in [1.807, 2.05) is 0 Å². The molecule has 0 aromatic heterocycles. The Hall–Kier alpha value is -0.550. The number of hydrogen-bond donors (Lipinski definition) is 1. The Bertz CT molecular complexity index is 182.